The van der Waals surface area contributed by atoms with Crippen LogP contribution in [0.15, 0.2) is 18.3 Å². The van der Waals surface area contributed by atoms with Crippen LogP contribution in [0, 0.1) is 11.8 Å². The molecule has 3 nitrogen and oxygen atoms in total. The minimum atomic E-state index is 0.627. The van der Waals surface area contributed by atoms with Crippen molar-refractivity contribution in [3.63, 3.8) is 0 Å². The molecule has 1 aliphatic heterocycles. The van der Waals surface area contributed by atoms with Crippen LogP contribution in [0.1, 0.15) is 46.2 Å². The fraction of sp³-hybridized carbons (Fsp3) is 0.706. The summed E-state index contributed by atoms with van der Waals surface area (Å²) >= 11 is 0. The summed E-state index contributed by atoms with van der Waals surface area (Å²) in [5.74, 6) is 1.46. The van der Waals surface area contributed by atoms with Gasteiger partial charge in [-0.3, -0.25) is 4.98 Å². The molecule has 112 valence electrons. The zero-order chi connectivity index (χ0) is 14.5. The van der Waals surface area contributed by atoms with Gasteiger partial charge in [-0.25, -0.2) is 0 Å². The van der Waals surface area contributed by atoms with Crippen molar-refractivity contribution in [2.24, 2.45) is 11.8 Å². The van der Waals surface area contributed by atoms with Crippen molar-refractivity contribution in [3.05, 3.63) is 24.0 Å². The van der Waals surface area contributed by atoms with Crippen molar-refractivity contribution < 1.29 is 0 Å². The van der Waals surface area contributed by atoms with Crippen LogP contribution < -0.4 is 10.2 Å². The predicted octanol–water partition coefficient (Wildman–Crippen LogP) is 3.45. The summed E-state index contributed by atoms with van der Waals surface area (Å²) in [4.78, 5) is 7.03. The second kappa shape index (κ2) is 7.07. The SMILES string of the molecule is CC(C)CNCc1cc(N2CCCC(C)C2C)ccn1. The Labute approximate surface area is 123 Å². The Hall–Kier alpha value is -1.09. The highest BCUT2D eigenvalue weighted by Gasteiger charge is 2.24. The molecule has 1 aromatic heterocycles. The van der Waals surface area contributed by atoms with E-state index < -0.39 is 0 Å². The molecular weight excluding hydrogens is 246 g/mol. The lowest BCUT2D eigenvalue weighted by atomic mass is 9.91. The minimum Gasteiger partial charge on any atom is -0.368 e. The van der Waals surface area contributed by atoms with Gasteiger partial charge in [-0.05, 0) is 50.3 Å². The minimum absolute atomic E-state index is 0.627. The first-order valence-corrected chi connectivity index (χ1v) is 8.00. The highest BCUT2D eigenvalue weighted by molar-refractivity contribution is 5.48. The maximum Gasteiger partial charge on any atom is 0.0562 e. The first-order valence-electron chi connectivity index (χ1n) is 8.00. The fourth-order valence-corrected chi connectivity index (χ4v) is 2.93. The van der Waals surface area contributed by atoms with Gasteiger partial charge in [0.2, 0.25) is 0 Å². The Morgan fingerprint density at radius 1 is 1.40 bits per heavy atom. The van der Waals surface area contributed by atoms with Gasteiger partial charge in [0.15, 0.2) is 0 Å². The van der Waals surface area contributed by atoms with Gasteiger partial charge in [-0.1, -0.05) is 20.8 Å². The summed E-state index contributed by atoms with van der Waals surface area (Å²) in [6, 6.07) is 5.03. The van der Waals surface area contributed by atoms with Crippen molar-refractivity contribution in [2.75, 3.05) is 18.0 Å². The van der Waals surface area contributed by atoms with Gasteiger partial charge in [0.25, 0.3) is 0 Å². The van der Waals surface area contributed by atoms with E-state index in [9.17, 15) is 0 Å². The Balaban J connectivity index is 2.01. The number of hydrogen-bond donors (Lipinski definition) is 1. The number of aromatic nitrogens is 1. The van der Waals surface area contributed by atoms with Crippen molar-refractivity contribution in [1.29, 1.82) is 0 Å². The largest absolute Gasteiger partial charge is 0.368 e. The quantitative estimate of drug-likeness (QED) is 0.892. The van der Waals surface area contributed by atoms with Gasteiger partial charge < -0.3 is 10.2 Å². The standard InChI is InChI=1S/C17H29N3/c1-13(2)11-18-12-16-10-17(7-8-19-16)20-9-5-6-14(3)15(20)4/h7-8,10,13-15,18H,5-6,9,11-12H2,1-4H3. The van der Waals surface area contributed by atoms with Gasteiger partial charge in [0.05, 0.1) is 5.69 Å². The third-order valence-corrected chi connectivity index (χ3v) is 4.36. The zero-order valence-corrected chi connectivity index (χ0v) is 13.4. The van der Waals surface area contributed by atoms with E-state index in [-0.39, 0.29) is 0 Å². The summed E-state index contributed by atoms with van der Waals surface area (Å²) in [7, 11) is 0. The first kappa shape index (κ1) is 15.3. The second-order valence-corrected chi connectivity index (χ2v) is 6.58. The van der Waals surface area contributed by atoms with E-state index in [0.717, 1.165) is 24.7 Å². The van der Waals surface area contributed by atoms with E-state index in [0.29, 0.717) is 12.0 Å². The monoisotopic (exact) mass is 275 g/mol. The molecule has 1 saturated heterocycles. The maximum absolute atomic E-state index is 4.49. The van der Waals surface area contributed by atoms with E-state index in [4.69, 9.17) is 0 Å². The lowest BCUT2D eigenvalue weighted by Gasteiger charge is -2.39. The molecule has 0 aliphatic carbocycles. The molecule has 0 spiro atoms. The molecule has 2 atom stereocenters. The molecule has 2 unspecified atom stereocenters. The van der Waals surface area contributed by atoms with Crippen LogP contribution in [-0.4, -0.2) is 24.1 Å². The summed E-state index contributed by atoms with van der Waals surface area (Å²) in [5, 5.41) is 3.47. The average molecular weight is 275 g/mol. The van der Waals surface area contributed by atoms with E-state index in [1.54, 1.807) is 0 Å². The molecule has 20 heavy (non-hydrogen) atoms. The Bertz CT molecular complexity index is 416. The zero-order valence-electron chi connectivity index (χ0n) is 13.4. The molecule has 0 saturated carbocycles. The smallest absolute Gasteiger partial charge is 0.0562 e. The van der Waals surface area contributed by atoms with E-state index >= 15 is 0 Å². The molecule has 0 radical (unpaired) electrons. The number of anilines is 1. The van der Waals surface area contributed by atoms with Crippen LogP contribution in [0.2, 0.25) is 0 Å². The van der Waals surface area contributed by atoms with Crippen LogP contribution in [-0.2, 0) is 6.54 Å². The molecule has 1 aliphatic rings. The third kappa shape index (κ3) is 3.95. The fourth-order valence-electron chi connectivity index (χ4n) is 2.93. The van der Waals surface area contributed by atoms with Crippen LogP contribution in [0.5, 0.6) is 0 Å². The molecule has 1 fully saturated rings. The van der Waals surface area contributed by atoms with Gasteiger partial charge in [0, 0.05) is 31.0 Å². The Kier molecular flexibility index (Phi) is 5.41. The third-order valence-electron chi connectivity index (χ3n) is 4.36. The Morgan fingerprint density at radius 3 is 2.95 bits per heavy atom. The van der Waals surface area contributed by atoms with Crippen LogP contribution in [0.3, 0.4) is 0 Å². The van der Waals surface area contributed by atoms with E-state index in [1.165, 1.54) is 25.1 Å². The lowest BCUT2D eigenvalue weighted by Crippen LogP contribution is -2.42. The Morgan fingerprint density at radius 2 is 2.20 bits per heavy atom. The average Bonchev–Trinajstić information content (AvgIpc) is 2.42. The normalized spacial score (nSPS) is 23.4. The van der Waals surface area contributed by atoms with Crippen molar-refractivity contribution in [1.82, 2.24) is 10.3 Å². The lowest BCUT2D eigenvalue weighted by molar-refractivity contribution is 0.363. The number of rotatable bonds is 5. The molecule has 0 amide bonds. The van der Waals surface area contributed by atoms with E-state index in [2.05, 4.69) is 55.0 Å². The van der Waals surface area contributed by atoms with Crippen molar-refractivity contribution >= 4 is 5.69 Å². The molecular formula is C17H29N3. The topological polar surface area (TPSA) is 28.2 Å². The predicted molar refractivity (Wildman–Crippen MR) is 86.0 cm³/mol. The van der Waals surface area contributed by atoms with Gasteiger partial charge in [-0.15, -0.1) is 0 Å². The number of nitrogens with one attached hydrogen (secondary N) is 1. The second-order valence-electron chi connectivity index (χ2n) is 6.58. The van der Waals surface area contributed by atoms with Crippen molar-refractivity contribution in [3.8, 4) is 0 Å². The number of pyridine rings is 1. The highest BCUT2D eigenvalue weighted by Crippen LogP contribution is 2.28. The summed E-state index contributed by atoms with van der Waals surface area (Å²) in [5.41, 5.74) is 2.48. The summed E-state index contributed by atoms with van der Waals surface area (Å²) in [6.45, 7) is 12.3. The first-order chi connectivity index (χ1) is 9.58. The number of hydrogen-bond acceptors (Lipinski definition) is 3. The van der Waals surface area contributed by atoms with Crippen LogP contribution >= 0.6 is 0 Å². The molecule has 0 aromatic carbocycles. The number of nitrogens with zero attached hydrogens (tertiary/aromatic N) is 2. The summed E-state index contributed by atoms with van der Waals surface area (Å²) in [6.07, 6.45) is 4.61. The molecule has 1 aromatic rings. The molecule has 2 rings (SSSR count). The van der Waals surface area contributed by atoms with Gasteiger partial charge >= 0.3 is 0 Å². The van der Waals surface area contributed by atoms with Crippen molar-refractivity contribution in [2.45, 2.75) is 53.1 Å². The number of piperidine rings is 1. The van der Waals surface area contributed by atoms with Gasteiger partial charge in [-0.2, -0.15) is 0 Å². The highest BCUT2D eigenvalue weighted by atomic mass is 15.2. The maximum atomic E-state index is 4.49. The molecule has 3 heteroatoms. The molecule has 2 heterocycles. The van der Waals surface area contributed by atoms with Gasteiger partial charge in [0.1, 0.15) is 0 Å². The molecule has 1 N–H and O–H groups in total. The van der Waals surface area contributed by atoms with Crippen LogP contribution in [0.4, 0.5) is 5.69 Å². The van der Waals surface area contributed by atoms with E-state index in [1.807, 2.05) is 6.20 Å². The van der Waals surface area contributed by atoms with Crippen LogP contribution in [0.25, 0.3) is 0 Å². The summed E-state index contributed by atoms with van der Waals surface area (Å²) < 4.78 is 0. The molecule has 0 bridgehead atoms.